The molecule has 0 bridgehead atoms. The van der Waals surface area contributed by atoms with Crippen molar-refractivity contribution in [3.8, 4) is 0 Å². The van der Waals surface area contributed by atoms with Gasteiger partial charge in [-0.25, -0.2) is 4.79 Å². The van der Waals surface area contributed by atoms with Crippen LogP contribution in [0.25, 0.3) is 0 Å². The van der Waals surface area contributed by atoms with E-state index < -0.39 is 17.7 Å². The molecule has 0 aromatic heterocycles. The molecule has 0 spiro atoms. The molecule has 0 amide bonds. The maximum atomic E-state index is 11.1. The van der Waals surface area contributed by atoms with E-state index in [1.54, 1.807) is 27.7 Å². The van der Waals surface area contributed by atoms with Crippen molar-refractivity contribution in [2.45, 2.75) is 39.3 Å². The highest BCUT2D eigenvalue weighted by Crippen LogP contribution is 2.14. The second-order valence-electron chi connectivity index (χ2n) is 3.73. The summed E-state index contributed by atoms with van der Waals surface area (Å²) in [6.07, 6.45) is -0.994. The van der Waals surface area contributed by atoms with Gasteiger partial charge in [-0.05, 0) is 13.8 Å². The van der Waals surface area contributed by atoms with Crippen LogP contribution in [0, 0.1) is 0 Å². The molecule has 0 saturated heterocycles. The summed E-state index contributed by atoms with van der Waals surface area (Å²) in [7, 11) is 2.83. The first-order valence-electron chi connectivity index (χ1n) is 4.41. The third-order valence-corrected chi connectivity index (χ3v) is 1.62. The highest BCUT2D eigenvalue weighted by atomic mass is 17.3. The van der Waals surface area contributed by atoms with Gasteiger partial charge in [-0.2, -0.15) is 0 Å². The Morgan fingerprint density at radius 3 is 1.80 bits per heavy atom. The van der Waals surface area contributed by atoms with E-state index in [4.69, 9.17) is 14.2 Å². The zero-order valence-corrected chi connectivity index (χ0v) is 9.95. The fraction of sp³-hybridized carbons (Fsp3) is 0.889. The zero-order chi connectivity index (χ0) is 12.1. The fourth-order valence-corrected chi connectivity index (χ4v) is 0.428. The Morgan fingerprint density at radius 1 is 0.933 bits per heavy atom. The normalized spacial score (nSPS) is 12.4. The highest BCUT2D eigenvalue weighted by molar-refractivity contribution is 5.59. The van der Waals surface area contributed by atoms with Crippen LogP contribution < -0.4 is 0 Å². The summed E-state index contributed by atoms with van der Waals surface area (Å²) in [6, 6.07) is 0. The van der Waals surface area contributed by atoms with E-state index in [1.807, 2.05) is 0 Å². The van der Waals surface area contributed by atoms with Crippen LogP contribution in [-0.4, -0.2) is 31.9 Å². The van der Waals surface area contributed by atoms with Gasteiger partial charge in [0.15, 0.2) is 0 Å². The molecule has 0 aliphatic rings. The van der Waals surface area contributed by atoms with E-state index in [0.717, 1.165) is 0 Å². The minimum atomic E-state index is -1.06. The molecule has 0 rings (SSSR count). The molecule has 0 aliphatic heterocycles. The van der Waals surface area contributed by atoms with Crippen molar-refractivity contribution in [1.82, 2.24) is 0 Å². The average Bonchev–Trinajstić information content (AvgIpc) is 2.15. The summed E-state index contributed by atoms with van der Waals surface area (Å²) in [5.41, 5.74) is 0. The summed E-state index contributed by atoms with van der Waals surface area (Å²) in [5.74, 6) is -2.08. The molecule has 6 nitrogen and oxygen atoms in total. The summed E-state index contributed by atoms with van der Waals surface area (Å²) < 4.78 is 14.5. The Bertz CT molecular complexity index is 211. The van der Waals surface area contributed by atoms with E-state index in [-0.39, 0.29) is 0 Å². The Kier molecular flexibility index (Phi) is 4.99. The SMILES string of the molecule is COC(C)(C)OOC(=O)OC(C)(C)OC. The molecular weight excluding hydrogens is 204 g/mol. The van der Waals surface area contributed by atoms with Gasteiger partial charge >= 0.3 is 6.16 Å². The molecule has 0 saturated carbocycles. The average molecular weight is 222 g/mol. The number of carbonyl (C=O) groups is 1. The monoisotopic (exact) mass is 222 g/mol. The van der Waals surface area contributed by atoms with E-state index >= 15 is 0 Å². The standard InChI is InChI=1S/C9H18O6/c1-8(2,11-5)13-7(10)14-15-9(3,4)12-6/h1-6H3. The smallest absolute Gasteiger partial charge is 0.400 e. The van der Waals surface area contributed by atoms with Crippen LogP contribution in [0.15, 0.2) is 0 Å². The van der Waals surface area contributed by atoms with Gasteiger partial charge in [-0.3, -0.25) is 4.89 Å². The maximum Gasteiger partial charge on any atom is 0.543 e. The number of hydrogen-bond donors (Lipinski definition) is 0. The van der Waals surface area contributed by atoms with Crippen molar-refractivity contribution < 1.29 is 28.8 Å². The molecule has 0 heterocycles. The first-order valence-corrected chi connectivity index (χ1v) is 4.41. The Labute approximate surface area is 89.3 Å². The van der Waals surface area contributed by atoms with Gasteiger partial charge in [-0.15, -0.1) is 4.89 Å². The molecule has 0 unspecified atom stereocenters. The minimum Gasteiger partial charge on any atom is -0.400 e. The van der Waals surface area contributed by atoms with Crippen LogP contribution in [-0.2, 0) is 24.0 Å². The molecule has 6 heteroatoms. The van der Waals surface area contributed by atoms with E-state index in [1.165, 1.54) is 14.2 Å². The Hall–Kier alpha value is -0.850. The third-order valence-electron chi connectivity index (χ3n) is 1.62. The van der Waals surface area contributed by atoms with E-state index in [2.05, 4.69) is 9.78 Å². The highest BCUT2D eigenvalue weighted by Gasteiger charge is 2.26. The summed E-state index contributed by atoms with van der Waals surface area (Å²) in [6.45, 7) is 6.30. The predicted octanol–water partition coefficient (Wildman–Crippen LogP) is 1.84. The molecular formula is C9H18O6. The van der Waals surface area contributed by atoms with Gasteiger partial charge in [0, 0.05) is 28.1 Å². The minimum absolute atomic E-state index is 0.994. The van der Waals surface area contributed by atoms with Crippen LogP contribution in [0.4, 0.5) is 4.79 Å². The van der Waals surface area contributed by atoms with Crippen molar-refractivity contribution in [3.63, 3.8) is 0 Å². The number of carbonyl (C=O) groups excluding carboxylic acids is 1. The largest absolute Gasteiger partial charge is 0.543 e. The molecule has 0 aromatic rings. The van der Waals surface area contributed by atoms with Crippen molar-refractivity contribution >= 4 is 6.16 Å². The molecule has 90 valence electrons. The lowest BCUT2D eigenvalue weighted by atomic mass is 10.4. The van der Waals surface area contributed by atoms with Crippen LogP contribution in [0.1, 0.15) is 27.7 Å². The molecule has 15 heavy (non-hydrogen) atoms. The fourth-order valence-electron chi connectivity index (χ4n) is 0.428. The molecule has 0 radical (unpaired) electrons. The van der Waals surface area contributed by atoms with Crippen molar-refractivity contribution in [3.05, 3.63) is 0 Å². The topological polar surface area (TPSA) is 63.2 Å². The van der Waals surface area contributed by atoms with Crippen molar-refractivity contribution in [2.75, 3.05) is 14.2 Å². The quantitative estimate of drug-likeness (QED) is 0.306. The number of ether oxygens (including phenoxy) is 3. The lowest BCUT2D eigenvalue weighted by Crippen LogP contribution is -2.33. The summed E-state index contributed by atoms with van der Waals surface area (Å²) >= 11 is 0. The van der Waals surface area contributed by atoms with Gasteiger partial charge in [0.25, 0.3) is 0 Å². The third kappa shape index (κ3) is 6.27. The summed E-state index contributed by atoms with van der Waals surface area (Å²) in [5, 5.41) is 0. The number of methoxy groups -OCH3 is 2. The first kappa shape index (κ1) is 14.2. The van der Waals surface area contributed by atoms with Crippen molar-refractivity contribution in [1.29, 1.82) is 0 Å². The number of rotatable bonds is 5. The van der Waals surface area contributed by atoms with Gasteiger partial charge in [0.05, 0.1) is 0 Å². The van der Waals surface area contributed by atoms with Crippen LogP contribution >= 0.6 is 0 Å². The van der Waals surface area contributed by atoms with Crippen molar-refractivity contribution in [2.24, 2.45) is 0 Å². The molecule has 0 atom stereocenters. The Morgan fingerprint density at radius 2 is 1.40 bits per heavy atom. The van der Waals surface area contributed by atoms with Gasteiger partial charge in [0.1, 0.15) is 0 Å². The van der Waals surface area contributed by atoms with E-state index in [0.29, 0.717) is 0 Å². The maximum absolute atomic E-state index is 11.1. The first-order chi connectivity index (χ1) is 6.72. The molecule has 0 N–H and O–H groups in total. The second kappa shape index (κ2) is 5.29. The second-order valence-corrected chi connectivity index (χ2v) is 3.73. The predicted molar refractivity (Wildman–Crippen MR) is 50.8 cm³/mol. The van der Waals surface area contributed by atoms with Crippen LogP contribution in [0.5, 0.6) is 0 Å². The van der Waals surface area contributed by atoms with Gasteiger partial charge < -0.3 is 14.2 Å². The van der Waals surface area contributed by atoms with Gasteiger partial charge in [0.2, 0.25) is 11.6 Å². The molecule has 0 fully saturated rings. The lowest BCUT2D eigenvalue weighted by Gasteiger charge is -2.24. The summed E-state index contributed by atoms with van der Waals surface area (Å²) in [4.78, 5) is 20.1. The lowest BCUT2D eigenvalue weighted by molar-refractivity contribution is -0.390. The van der Waals surface area contributed by atoms with Crippen LogP contribution in [0.2, 0.25) is 0 Å². The molecule has 0 aromatic carbocycles. The number of hydrogen-bond acceptors (Lipinski definition) is 6. The molecule has 0 aliphatic carbocycles. The zero-order valence-electron chi connectivity index (χ0n) is 9.95. The van der Waals surface area contributed by atoms with Crippen LogP contribution in [0.3, 0.4) is 0 Å². The van der Waals surface area contributed by atoms with Gasteiger partial charge in [-0.1, -0.05) is 0 Å². The Balaban J connectivity index is 3.96. The van der Waals surface area contributed by atoms with E-state index in [9.17, 15) is 4.79 Å².